The molecule has 2 unspecified atom stereocenters. The molecule has 3 aromatic rings. The van der Waals surface area contributed by atoms with E-state index in [9.17, 15) is 4.79 Å². The van der Waals surface area contributed by atoms with Gasteiger partial charge in [0.05, 0.1) is 23.1 Å². The van der Waals surface area contributed by atoms with Gasteiger partial charge < -0.3 is 14.6 Å². The fourth-order valence-corrected chi connectivity index (χ4v) is 5.73. The molecule has 194 valence electrons. The SMILES string of the molecule is CCCCC(CC)CNC(=O)c1cc(-c2csc(-c3ccnc(CC)c3)n2)n(CC2CCCO2)c1C. The van der Waals surface area contributed by atoms with Gasteiger partial charge in [0.25, 0.3) is 5.91 Å². The Morgan fingerprint density at radius 3 is 2.89 bits per heavy atom. The maximum absolute atomic E-state index is 13.3. The number of nitrogens with zero attached hydrogens (tertiary/aromatic N) is 3. The van der Waals surface area contributed by atoms with Crippen molar-refractivity contribution in [1.29, 1.82) is 0 Å². The van der Waals surface area contributed by atoms with Crippen LogP contribution in [0.5, 0.6) is 0 Å². The number of rotatable bonds is 12. The van der Waals surface area contributed by atoms with Crippen LogP contribution in [0.3, 0.4) is 0 Å². The Bertz CT molecular complexity index is 1150. The third-order valence-corrected chi connectivity index (χ3v) is 8.20. The third-order valence-electron chi connectivity index (χ3n) is 7.31. The quantitative estimate of drug-likeness (QED) is 0.297. The zero-order valence-corrected chi connectivity index (χ0v) is 23.0. The molecule has 1 N–H and O–H groups in total. The number of thiazole rings is 1. The molecule has 1 aliphatic heterocycles. The van der Waals surface area contributed by atoms with Crippen molar-refractivity contribution in [3.63, 3.8) is 0 Å². The average Bonchev–Trinajstić information content (AvgIpc) is 3.66. The second kappa shape index (κ2) is 12.6. The fraction of sp³-hybridized carbons (Fsp3) is 0.552. The maximum atomic E-state index is 13.3. The number of pyridine rings is 1. The molecule has 0 radical (unpaired) electrons. The highest BCUT2D eigenvalue weighted by Crippen LogP contribution is 2.32. The minimum atomic E-state index is 0.00645. The molecule has 7 heteroatoms. The van der Waals surface area contributed by atoms with E-state index in [1.54, 1.807) is 11.3 Å². The zero-order valence-electron chi connectivity index (χ0n) is 22.2. The zero-order chi connectivity index (χ0) is 25.5. The number of unbranched alkanes of at least 4 members (excludes halogenated alkanes) is 1. The van der Waals surface area contributed by atoms with Crippen molar-refractivity contribution in [2.24, 2.45) is 5.92 Å². The summed E-state index contributed by atoms with van der Waals surface area (Å²) in [7, 11) is 0. The summed E-state index contributed by atoms with van der Waals surface area (Å²) < 4.78 is 8.20. The van der Waals surface area contributed by atoms with Gasteiger partial charge in [-0.05, 0) is 56.7 Å². The summed E-state index contributed by atoms with van der Waals surface area (Å²) >= 11 is 1.63. The smallest absolute Gasteiger partial charge is 0.253 e. The van der Waals surface area contributed by atoms with E-state index in [0.29, 0.717) is 5.92 Å². The summed E-state index contributed by atoms with van der Waals surface area (Å²) in [6, 6.07) is 6.15. The molecule has 0 aromatic carbocycles. The van der Waals surface area contributed by atoms with E-state index in [4.69, 9.17) is 9.72 Å². The van der Waals surface area contributed by atoms with Gasteiger partial charge in [-0.15, -0.1) is 11.3 Å². The number of ether oxygens (including phenoxy) is 1. The van der Waals surface area contributed by atoms with E-state index in [2.05, 4.69) is 47.1 Å². The summed E-state index contributed by atoms with van der Waals surface area (Å²) in [5, 5.41) is 6.29. The molecule has 0 spiro atoms. The number of carbonyl (C=O) groups excluding carboxylic acids is 1. The maximum Gasteiger partial charge on any atom is 0.253 e. The van der Waals surface area contributed by atoms with Crippen molar-refractivity contribution in [3.8, 4) is 22.0 Å². The molecule has 36 heavy (non-hydrogen) atoms. The molecule has 4 rings (SSSR count). The molecule has 0 bridgehead atoms. The topological polar surface area (TPSA) is 69.0 Å². The number of aromatic nitrogens is 3. The molecule has 1 saturated heterocycles. The van der Waals surface area contributed by atoms with E-state index in [1.165, 1.54) is 12.8 Å². The lowest BCUT2D eigenvalue weighted by Crippen LogP contribution is -2.29. The van der Waals surface area contributed by atoms with Crippen molar-refractivity contribution in [3.05, 3.63) is 46.7 Å². The van der Waals surface area contributed by atoms with Crippen LogP contribution in [0, 0.1) is 12.8 Å². The van der Waals surface area contributed by atoms with Gasteiger partial charge in [0.1, 0.15) is 5.01 Å². The first-order valence-electron chi connectivity index (χ1n) is 13.5. The number of amides is 1. The molecular weight excluding hydrogens is 468 g/mol. The van der Waals surface area contributed by atoms with E-state index in [-0.39, 0.29) is 12.0 Å². The lowest BCUT2D eigenvalue weighted by Gasteiger charge is -2.16. The fourth-order valence-electron chi connectivity index (χ4n) is 4.92. The van der Waals surface area contributed by atoms with Crippen LogP contribution in [0.1, 0.15) is 81.0 Å². The molecule has 1 amide bonds. The summed E-state index contributed by atoms with van der Waals surface area (Å²) in [6.45, 7) is 10.9. The Labute approximate surface area is 219 Å². The lowest BCUT2D eigenvalue weighted by molar-refractivity contribution is 0.0935. The second-order valence-corrected chi connectivity index (χ2v) is 10.7. The van der Waals surface area contributed by atoms with Gasteiger partial charge in [-0.1, -0.05) is 40.0 Å². The lowest BCUT2D eigenvalue weighted by atomic mass is 9.99. The summed E-state index contributed by atoms with van der Waals surface area (Å²) in [6.07, 6.45) is 9.70. The molecular formula is C29H40N4O2S. The molecule has 0 saturated carbocycles. The molecule has 2 atom stereocenters. The molecule has 6 nitrogen and oxygen atoms in total. The van der Waals surface area contributed by atoms with Crippen molar-refractivity contribution in [2.45, 2.75) is 85.3 Å². The highest BCUT2D eigenvalue weighted by Gasteiger charge is 2.24. The minimum Gasteiger partial charge on any atom is -0.376 e. The Morgan fingerprint density at radius 1 is 1.31 bits per heavy atom. The number of carbonyl (C=O) groups is 1. The Kier molecular flexibility index (Phi) is 9.32. The predicted octanol–water partition coefficient (Wildman–Crippen LogP) is 6.67. The van der Waals surface area contributed by atoms with Gasteiger partial charge in [0.2, 0.25) is 0 Å². The van der Waals surface area contributed by atoms with Crippen LogP contribution in [-0.2, 0) is 17.7 Å². The highest BCUT2D eigenvalue weighted by atomic mass is 32.1. The first kappa shape index (κ1) is 26.6. The van der Waals surface area contributed by atoms with Crippen molar-refractivity contribution >= 4 is 17.2 Å². The number of aryl methyl sites for hydroxylation is 1. The number of nitrogens with one attached hydrogen (secondary N) is 1. The standard InChI is InChI=1S/C29H40N4O2S/c1-5-8-10-21(6-2)17-31-28(34)25-16-27(33(20(25)4)18-24-11-9-14-35-24)26-19-36-29(32-26)22-12-13-30-23(7-3)15-22/h12-13,15-16,19,21,24H,5-11,14,17-18H2,1-4H3,(H,31,34). The van der Waals surface area contributed by atoms with Gasteiger partial charge in [-0.25, -0.2) is 4.98 Å². The Morgan fingerprint density at radius 2 is 2.17 bits per heavy atom. The Balaban J connectivity index is 1.61. The van der Waals surface area contributed by atoms with Gasteiger partial charge in [-0.2, -0.15) is 0 Å². The third kappa shape index (κ3) is 6.24. The van der Waals surface area contributed by atoms with Gasteiger partial charge in [0.15, 0.2) is 0 Å². The van der Waals surface area contributed by atoms with E-state index >= 15 is 0 Å². The molecule has 3 aromatic heterocycles. The number of hydrogen-bond acceptors (Lipinski definition) is 5. The van der Waals surface area contributed by atoms with Gasteiger partial charge in [0, 0.05) is 48.2 Å². The van der Waals surface area contributed by atoms with Crippen molar-refractivity contribution < 1.29 is 9.53 Å². The van der Waals surface area contributed by atoms with Crippen LogP contribution in [0.15, 0.2) is 29.8 Å². The molecule has 1 fully saturated rings. The van der Waals surface area contributed by atoms with E-state index in [0.717, 1.165) is 90.7 Å². The molecule has 1 aliphatic rings. The first-order valence-corrected chi connectivity index (χ1v) is 14.4. The van der Waals surface area contributed by atoms with Crippen LogP contribution in [0.25, 0.3) is 22.0 Å². The van der Waals surface area contributed by atoms with E-state index in [1.807, 2.05) is 25.3 Å². The molecule has 0 aliphatic carbocycles. The van der Waals surface area contributed by atoms with Crippen molar-refractivity contribution in [2.75, 3.05) is 13.2 Å². The summed E-state index contributed by atoms with van der Waals surface area (Å²) in [5.41, 5.74) is 5.75. The predicted molar refractivity (Wildman–Crippen MR) is 147 cm³/mol. The Hall–Kier alpha value is -2.51. The summed E-state index contributed by atoms with van der Waals surface area (Å²) in [5.74, 6) is 0.532. The first-order chi connectivity index (χ1) is 17.5. The largest absolute Gasteiger partial charge is 0.376 e. The molecule has 4 heterocycles. The van der Waals surface area contributed by atoms with Crippen molar-refractivity contribution in [1.82, 2.24) is 19.9 Å². The van der Waals surface area contributed by atoms with Crippen LogP contribution >= 0.6 is 11.3 Å². The minimum absolute atomic E-state index is 0.00645. The monoisotopic (exact) mass is 508 g/mol. The van der Waals surface area contributed by atoms with Crippen LogP contribution in [0.4, 0.5) is 0 Å². The van der Waals surface area contributed by atoms with Crippen LogP contribution < -0.4 is 5.32 Å². The normalized spacial score (nSPS) is 16.4. The van der Waals surface area contributed by atoms with Gasteiger partial charge >= 0.3 is 0 Å². The van der Waals surface area contributed by atoms with Crippen LogP contribution in [0.2, 0.25) is 0 Å². The highest BCUT2D eigenvalue weighted by molar-refractivity contribution is 7.13. The van der Waals surface area contributed by atoms with Gasteiger partial charge in [-0.3, -0.25) is 9.78 Å². The van der Waals surface area contributed by atoms with E-state index < -0.39 is 0 Å². The van der Waals surface area contributed by atoms with Crippen LogP contribution in [-0.4, -0.2) is 39.7 Å². The second-order valence-electron chi connectivity index (χ2n) is 9.83. The summed E-state index contributed by atoms with van der Waals surface area (Å²) in [4.78, 5) is 22.7. The average molecular weight is 509 g/mol. The number of hydrogen-bond donors (Lipinski definition) is 1.